The van der Waals surface area contributed by atoms with Crippen LogP contribution in [0.4, 0.5) is 10.1 Å². The molecule has 5 nitrogen and oxygen atoms in total. The van der Waals surface area contributed by atoms with Crippen molar-refractivity contribution in [3.63, 3.8) is 0 Å². The molecular weight excluding hydrogens is 333 g/mol. The zero-order chi connectivity index (χ0) is 17.5. The fourth-order valence-corrected chi connectivity index (χ4v) is 3.24. The van der Waals surface area contributed by atoms with E-state index in [-0.39, 0.29) is 23.6 Å². The lowest BCUT2D eigenvalue weighted by molar-refractivity contribution is 0.0972. The van der Waals surface area contributed by atoms with Crippen molar-refractivity contribution < 1.29 is 22.3 Å². The smallest absolute Gasteiger partial charge is 0.261 e. The van der Waals surface area contributed by atoms with Gasteiger partial charge in [-0.25, -0.2) is 12.8 Å². The Morgan fingerprint density at radius 1 is 1.25 bits per heavy atom. The van der Waals surface area contributed by atoms with Crippen LogP contribution in [0.1, 0.15) is 15.9 Å². The van der Waals surface area contributed by atoms with E-state index >= 15 is 0 Å². The predicted molar refractivity (Wildman–Crippen MR) is 87.9 cm³/mol. The molecule has 126 valence electrons. The number of rotatable bonds is 2. The van der Waals surface area contributed by atoms with E-state index in [1.165, 1.54) is 29.2 Å². The Bertz CT molecular complexity index is 924. The van der Waals surface area contributed by atoms with Crippen LogP contribution in [0.2, 0.25) is 0 Å². The first kappa shape index (κ1) is 16.4. The minimum Gasteiger partial charge on any atom is -0.490 e. The Balaban J connectivity index is 2.09. The number of carbonyl (C=O) groups is 1. The highest BCUT2D eigenvalue weighted by molar-refractivity contribution is 7.90. The quantitative estimate of drug-likeness (QED) is 0.836. The van der Waals surface area contributed by atoms with Gasteiger partial charge in [-0.3, -0.25) is 4.79 Å². The summed E-state index contributed by atoms with van der Waals surface area (Å²) in [4.78, 5) is 14.2. The van der Waals surface area contributed by atoms with Crippen molar-refractivity contribution in [2.24, 2.45) is 0 Å². The van der Waals surface area contributed by atoms with Gasteiger partial charge in [0.05, 0.1) is 22.7 Å². The number of aryl methyl sites for hydroxylation is 1. The van der Waals surface area contributed by atoms with Crippen LogP contribution in [0.3, 0.4) is 0 Å². The summed E-state index contributed by atoms with van der Waals surface area (Å²) in [7, 11) is -3.43. The third-order valence-electron chi connectivity index (χ3n) is 3.89. The minimum absolute atomic E-state index is 0.0485. The van der Waals surface area contributed by atoms with Gasteiger partial charge in [0.2, 0.25) is 0 Å². The van der Waals surface area contributed by atoms with E-state index in [9.17, 15) is 17.6 Å². The number of amides is 1. The number of halogens is 1. The van der Waals surface area contributed by atoms with Crippen LogP contribution in [0.25, 0.3) is 0 Å². The standard InChI is InChI=1S/C17H16FNO4S/c1-11-4-3-5-13(16(11)18)17(20)19-8-9-23-15-7-6-12(10-14(15)19)24(2,21)22/h3-7,10H,8-9H2,1-2H3. The fourth-order valence-electron chi connectivity index (χ4n) is 2.60. The average Bonchev–Trinajstić information content (AvgIpc) is 2.55. The monoisotopic (exact) mass is 349 g/mol. The van der Waals surface area contributed by atoms with E-state index in [0.29, 0.717) is 17.0 Å². The van der Waals surface area contributed by atoms with Gasteiger partial charge >= 0.3 is 0 Å². The number of nitrogens with zero attached hydrogens (tertiary/aromatic N) is 1. The Morgan fingerprint density at radius 2 is 2.00 bits per heavy atom. The largest absolute Gasteiger partial charge is 0.490 e. The van der Waals surface area contributed by atoms with Gasteiger partial charge in [-0.2, -0.15) is 0 Å². The molecule has 0 spiro atoms. The lowest BCUT2D eigenvalue weighted by Gasteiger charge is -2.30. The maximum atomic E-state index is 14.3. The minimum atomic E-state index is -3.43. The molecule has 0 saturated carbocycles. The maximum absolute atomic E-state index is 14.3. The SMILES string of the molecule is Cc1cccc(C(=O)N2CCOc3ccc(S(C)(=O)=O)cc32)c1F. The van der Waals surface area contributed by atoms with Crippen molar-refractivity contribution in [2.75, 3.05) is 24.3 Å². The van der Waals surface area contributed by atoms with E-state index in [1.54, 1.807) is 19.1 Å². The number of carbonyl (C=O) groups excluding carboxylic acids is 1. The highest BCUT2D eigenvalue weighted by Crippen LogP contribution is 2.35. The van der Waals surface area contributed by atoms with Crippen LogP contribution in [0.5, 0.6) is 5.75 Å². The van der Waals surface area contributed by atoms with Crippen LogP contribution in [-0.2, 0) is 9.84 Å². The van der Waals surface area contributed by atoms with E-state index in [1.807, 2.05) is 0 Å². The van der Waals surface area contributed by atoms with E-state index in [0.717, 1.165) is 6.26 Å². The van der Waals surface area contributed by atoms with Gasteiger partial charge in [0.15, 0.2) is 9.84 Å². The van der Waals surface area contributed by atoms with Crippen LogP contribution < -0.4 is 9.64 Å². The summed E-state index contributed by atoms with van der Waals surface area (Å²) >= 11 is 0. The second kappa shape index (κ2) is 5.90. The third-order valence-corrected chi connectivity index (χ3v) is 5.00. The Morgan fingerprint density at radius 3 is 2.71 bits per heavy atom. The van der Waals surface area contributed by atoms with E-state index in [2.05, 4.69) is 0 Å². The number of fused-ring (bicyclic) bond motifs is 1. The van der Waals surface area contributed by atoms with Gasteiger partial charge in [-0.15, -0.1) is 0 Å². The number of benzene rings is 2. The molecular formula is C17H16FNO4S. The number of ether oxygens (including phenoxy) is 1. The molecule has 0 unspecified atom stereocenters. The zero-order valence-corrected chi connectivity index (χ0v) is 14.1. The van der Waals surface area contributed by atoms with Gasteiger partial charge in [0.25, 0.3) is 5.91 Å². The van der Waals surface area contributed by atoms with Crippen LogP contribution in [-0.4, -0.2) is 33.7 Å². The molecule has 1 amide bonds. The summed E-state index contributed by atoms with van der Waals surface area (Å²) in [5, 5.41) is 0. The summed E-state index contributed by atoms with van der Waals surface area (Å²) in [6, 6.07) is 8.93. The van der Waals surface area contributed by atoms with Crippen LogP contribution >= 0.6 is 0 Å². The van der Waals surface area contributed by atoms with Gasteiger partial charge in [-0.05, 0) is 36.8 Å². The van der Waals surface area contributed by atoms with Gasteiger partial charge in [-0.1, -0.05) is 12.1 Å². The Kier molecular flexibility index (Phi) is 4.04. The molecule has 3 rings (SSSR count). The van der Waals surface area contributed by atoms with Gasteiger partial charge in [0, 0.05) is 6.26 Å². The van der Waals surface area contributed by atoms with E-state index < -0.39 is 21.6 Å². The number of hydrogen-bond acceptors (Lipinski definition) is 4. The second-order valence-corrected chi connectivity index (χ2v) is 7.66. The molecule has 0 atom stereocenters. The van der Waals surface area contributed by atoms with Crippen molar-refractivity contribution in [3.05, 3.63) is 53.3 Å². The molecule has 0 saturated heterocycles. The summed E-state index contributed by atoms with van der Waals surface area (Å²) < 4.78 is 43.3. The third kappa shape index (κ3) is 2.87. The molecule has 7 heteroatoms. The first-order valence-corrected chi connectivity index (χ1v) is 9.22. The molecule has 0 aliphatic carbocycles. The van der Waals surface area contributed by atoms with Gasteiger partial charge < -0.3 is 9.64 Å². The van der Waals surface area contributed by atoms with Crippen molar-refractivity contribution in [3.8, 4) is 5.75 Å². The van der Waals surface area contributed by atoms with E-state index in [4.69, 9.17) is 4.74 Å². The first-order chi connectivity index (χ1) is 11.3. The molecule has 0 aromatic heterocycles. The topological polar surface area (TPSA) is 63.7 Å². The van der Waals surface area contributed by atoms with Crippen molar-refractivity contribution >= 4 is 21.4 Å². The number of hydrogen-bond donors (Lipinski definition) is 0. The van der Waals surface area contributed by atoms with Crippen molar-refractivity contribution in [1.29, 1.82) is 0 Å². The first-order valence-electron chi connectivity index (χ1n) is 7.33. The number of anilines is 1. The van der Waals surface area contributed by atoms with Crippen molar-refractivity contribution in [2.45, 2.75) is 11.8 Å². The second-order valence-electron chi connectivity index (χ2n) is 5.64. The average molecular weight is 349 g/mol. The molecule has 1 aliphatic rings. The molecule has 0 fully saturated rings. The molecule has 24 heavy (non-hydrogen) atoms. The molecule has 1 aliphatic heterocycles. The van der Waals surface area contributed by atoms with Gasteiger partial charge in [0.1, 0.15) is 18.2 Å². The molecule has 0 radical (unpaired) electrons. The normalized spacial score (nSPS) is 14.0. The highest BCUT2D eigenvalue weighted by Gasteiger charge is 2.28. The molecule has 2 aromatic carbocycles. The predicted octanol–water partition coefficient (Wildman–Crippen LogP) is 2.58. The summed E-state index contributed by atoms with van der Waals surface area (Å²) in [5.74, 6) is -0.698. The Labute approximate surface area is 139 Å². The van der Waals surface area contributed by atoms with Crippen LogP contribution in [0, 0.1) is 12.7 Å². The molecule has 1 heterocycles. The van der Waals surface area contributed by atoms with Crippen molar-refractivity contribution in [1.82, 2.24) is 0 Å². The lowest BCUT2D eigenvalue weighted by Crippen LogP contribution is -2.38. The fraction of sp³-hybridized carbons (Fsp3) is 0.235. The zero-order valence-electron chi connectivity index (χ0n) is 13.2. The summed E-state index contributed by atoms with van der Waals surface area (Å²) in [6.07, 6.45) is 1.09. The molecule has 2 aromatic rings. The highest BCUT2D eigenvalue weighted by atomic mass is 32.2. The number of sulfone groups is 1. The lowest BCUT2D eigenvalue weighted by atomic mass is 10.1. The summed E-state index contributed by atoms with van der Waals surface area (Å²) in [6.45, 7) is 2.05. The van der Waals surface area contributed by atoms with Crippen LogP contribution in [0.15, 0.2) is 41.3 Å². The molecule has 0 N–H and O–H groups in total. The summed E-state index contributed by atoms with van der Waals surface area (Å²) in [5.41, 5.74) is 0.655. The Hall–Kier alpha value is -2.41. The molecule has 0 bridgehead atoms. The maximum Gasteiger partial charge on any atom is 0.261 e.